The zero-order chi connectivity index (χ0) is 42.2. The molecule has 7 aromatic carbocycles. The first-order chi connectivity index (χ1) is 29.8. The van der Waals surface area contributed by atoms with Gasteiger partial charge in [0.2, 0.25) is 0 Å². The van der Waals surface area contributed by atoms with Gasteiger partial charge < -0.3 is 14.7 Å². The quantitative estimate of drug-likeness (QED) is 0.117. The Labute approximate surface area is 371 Å². The summed E-state index contributed by atoms with van der Waals surface area (Å²) in [4.78, 5) is 30.4. The Kier molecular flexibility index (Phi) is 13.1. The number of amides is 2. The largest absolute Gasteiger partial charge is 0.396 e. The molecule has 9 heteroatoms. The summed E-state index contributed by atoms with van der Waals surface area (Å²) in [6.07, 6.45) is 0.477. The molecular weight excluding hydrogens is 820 g/mol. The summed E-state index contributed by atoms with van der Waals surface area (Å²) >= 11 is 14.2. The number of fused-ring (bicyclic) bond motifs is 2. The topological polar surface area (TPSA) is 70.1 Å². The van der Waals surface area contributed by atoms with Gasteiger partial charge in [0.25, 0.3) is 11.8 Å². The first kappa shape index (κ1) is 42.0. The van der Waals surface area contributed by atoms with Gasteiger partial charge in [-0.3, -0.25) is 14.5 Å². The zero-order valence-electron chi connectivity index (χ0n) is 33.4. The van der Waals surface area contributed by atoms with E-state index in [1.165, 1.54) is 5.56 Å². The molecule has 2 atom stereocenters. The van der Waals surface area contributed by atoms with Crippen molar-refractivity contribution in [2.75, 3.05) is 13.2 Å². The van der Waals surface area contributed by atoms with Crippen LogP contribution in [0.15, 0.2) is 188 Å². The van der Waals surface area contributed by atoms with Gasteiger partial charge in [-0.2, -0.15) is 0 Å². The van der Waals surface area contributed by atoms with Crippen LogP contribution < -0.4 is 0 Å². The molecule has 0 radical (unpaired) electrons. The second-order valence-electron chi connectivity index (χ2n) is 14.8. The van der Waals surface area contributed by atoms with Gasteiger partial charge in [0.05, 0.1) is 6.61 Å². The Bertz CT molecular complexity index is 2580. The summed E-state index contributed by atoms with van der Waals surface area (Å²) in [7, 11) is 0. The molecule has 0 bridgehead atoms. The smallest absolute Gasteiger partial charge is 0.257 e. The number of hydrogen-bond acceptors (Lipinski definition) is 5. The first-order valence-electron chi connectivity index (χ1n) is 20.2. The molecule has 2 aliphatic rings. The Hall–Kier alpha value is -5.67. The standard InChI is InChI=1S/C28H22ClNOS.C24H22ClNO3/c29-24-17-15-23(16-18-24)28(32-20-22-11-5-2-6-12-22)26-14-8-7-13-25(26)27(31)30(28)19-21-9-3-1-4-10-21;25-20-13-11-19(12-14-20)24(29-16-6-15-27)22-10-5-4-9-21(22)23(28)26(24)17-18-7-2-1-3-8-18/h1-18H,19-20H2;1-5,7-14,27H,6,15-17H2. The van der Waals surface area contributed by atoms with Crippen LogP contribution in [0, 0.1) is 0 Å². The normalized spacial score (nSPS) is 17.8. The number of thioether (sulfide) groups is 1. The van der Waals surface area contributed by atoms with Crippen molar-refractivity contribution in [1.82, 2.24) is 9.80 Å². The summed E-state index contributed by atoms with van der Waals surface area (Å²) in [5.41, 5.74) is 7.37. The van der Waals surface area contributed by atoms with Crippen molar-refractivity contribution in [3.05, 3.63) is 248 Å². The molecule has 2 heterocycles. The number of carbonyl (C=O) groups excluding carboxylic acids is 2. The Morgan fingerprint density at radius 1 is 0.508 bits per heavy atom. The van der Waals surface area contributed by atoms with Crippen molar-refractivity contribution in [2.24, 2.45) is 0 Å². The van der Waals surface area contributed by atoms with E-state index in [1.54, 1.807) is 28.8 Å². The second kappa shape index (κ2) is 18.9. The lowest BCUT2D eigenvalue weighted by atomic mass is 9.93. The van der Waals surface area contributed by atoms with Crippen molar-refractivity contribution in [1.29, 1.82) is 0 Å². The van der Waals surface area contributed by atoms with Crippen LogP contribution in [-0.4, -0.2) is 39.9 Å². The van der Waals surface area contributed by atoms with Crippen molar-refractivity contribution in [3.8, 4) is 0 Å². The fourth-order valence-electron chi connectivity index (χ4n) is 8.19. The number of nitrogens with zero attached hydrogens (tertiary/aromatic N) is 2. The Balaban J connectivity index is 0.000000169. The summed E-state index contributed by atoms with van der Waals surface area (Å²) < 4.78 is 6.44. The molecule has 2 amide bonds. The monoisotopic (exact) mass is 862 g/mol. The highest BCUT2D eigenvalue weighted by atomic mass is 35.5. The van der Waals surface area contributed by atoms with Crippen molar-refractivity contribution in [3.63, 3.8) is 0 Å². The summed E-state index contributed by atoms with van der Waals surface area (Å²) in [6, 6.07) is 61.3. The average Bonchev–Trinajstić information content (AvgIpc) is 3.68. The number of aliphatic hydroxyl groups is 1. The van der Waals surface area contributed by atoms with E-state index in [4.69, 9.17) is 27.9 Å². The number of hydrogen-bond donors (Lipinski definition) is 1. The van der Waals surface area contributed by atoms with Crippen molar-refractivity contribution >= 4 is 46.8 Å². The average molecular weight is 864 g/mol. The molecule has 61 heavy (non-hydrogen) atoms. The van der Waals surface area contributed by atoms with Crippen LogP contribution in [0.25, 0.3) is 0 Å². The van der Waals surface area contributed by atoms with Gasteiger partial charge in [-0.1, -0.05) is 175 Å². The van der Waals surface area contributed by atoms with Crippen molar-refractivity contribution < 1.29 is 19.4 Å². The molecule has 0 spiro atoms. The minimum absolute atomic E-state index is 0.0188. The maximum Gasteiger partial charge on any atom is 0.257 e. The van der Waals surface area contributed by atoms with E-state index in [9.17, 15) is 14.7 Å². The van der Waals surface area contributed by atoms with Gasteiger partial charge in [-0.05, 0) is 65.1 Å². The summed E-state index contributed by atoms with van der Waals surface area (Å²) in [6.45, 7) is 1.26. The van der Waals surface area contributed by atoms with E-state index in [-0.39, 0.29) is 18.4 Å². The van der Waals surface area contributed by atoms with E-state index >= 15 is 0 Å². The Morgan fingerprint density at radius 2 is 0.951 bits per heavy atom. The number of aliphatic hydroxyl groups excluding tert-OH is 1. The molecule has 0 aliphatic carbocycles. The molecule has 2 unspecified atom stereocenters. The predicted molar refractivity (Wildman–Crippen MR) is 245 cm³/mol. The number of rotatable bonds is 13. The van der Waals surface area contributed by atoms with E-state index in [0.29, 0.717) is 41.7 Å². The first-order valence-corrected chi connectivity index (χ1v) is 21.9. The highest BCUT2D eigenvalue weighted by molar-refractivity contribution is 7.99. The van der Waals surface area contributed by atoms with Crippen molar-refractivity contribution in [2.45, 2.75) is 35.9 Å². The van der Waals surface area contributed by atoms with Crippen LogP contribution in [-0.2, 0) is 34.2 Å². The fraction of sp³-hybridized carbons (Fsp3) is 0.154. The molecule has 306 valence electrons. The lowest BCUT2D eigenvalue weighted by Crippen LogP contribution is -2.46. The third-order valence-electron chi connectivity index (χ3n) is 11.0. The molecule has 1 N–H and O–H groups in total. The van der Waals surface area contributed by atoms with Gasteiger partial charge >= 0.3 is 0 Å². The minimum atomic E-state index is -1.08. The van der Waals surface area contributed by atoms with E-state index in [0.717, 1.165) is 44.7 Å². The van der Waals surface area contributed by atoms with Gasteiger partial charge in [0.15, 0.2) is 5.72 Å². The van der Waals surface area contributed by atoms with Crippen LogP contribution in [0.2, 0.25) is 10.0 Å². The minimum Gasteiger partial charge on any atom is -0.396 e. The third kappa shape index (κ3) is 8.50. The maximum absolute atomic E-state index is 13.8. The fourth-order valence-corrected chi connectivity index (χ4v) is 9.95. The summed E-state index contributed by atoms with van der Waals surface area (Å²) in [5.74, 6) is 0.750. The number of halogens is 2. The van der Waals surface area contributed by atoms with E-state index < -0.39 is 10.6 Å². The predicted octanol–water partition coefficient (Wildman–Crippen LogP) is 11.7. The highest BCUT2D eigenvalue weighted by Crippen LogP contribution is 2.54. The Morgan fingerprint density at radius 3 is 1.51 bits per heavy atom. The summed E-state index contributed by atoms with van der Waals surface area (Å²) in [5, 5.41) is 10.6. The lowest BCUT2D eigenvalue weighted by molar-refractivity contribution is -0.113. The van der Waals surface area contributed by atoms with E-state index in [1.807, 2.05) is 138 Å². The zero-order valence-corrected chi connectivity index (χ0v) is 35.7. The van der Waals surface area contributed by atoms with Crippen LogP contribution in [0.4, 0.5) is 0 Å². The molecule has 7 aromatic rings. The molecule has 2 aliphatic heterocycles. The molecular formula is C52H44Cl2N2O4S. The van der Waals surface area contributed by atoms with Crippen LogP contribution in [0.1, 0.15) is 66.1 Å². The highest BCUT2D eigenvalue weighted by Gasteiger charge is 2.53. The number of ether oxygens (including phenoxy) is 1. The molecule has 0 saturated carbocycles. The van der Waals surface area contributed by atoms with Gasteiger partial charge in [0, 0.05) is 63.3 Å². The second-order valence-corrected chi connectivity index (χ2v) is 16.9. The van der Waals surface area contributed by atoms with Gasteiger partial charge in [-0.15, -0.1) is 11.8 Å². The third-order valence-corrected chi connectivity index (χ3v) is 13.1. The van der Waals surface area contributed by atoms with Crippen LogP contribution in [0.5, 0.6) is 0 Å². The van der Waals surface area contributed by atoms with Gasteiger partial charge in [-0.25, -0.2) is 0 Å². The molecule has 0 aromatic heterocycles. The lowest BCUT2D eigenvalue weighted by Gasteiger charge is -2.39. The molecule has 0 saturated heterocycles. The number of benzene rings is 7. The van der Waals surface area contributed by atoms with Gasteiger partial charge in [0.1, 0.15) is 4.87 Å². The molecule has 9 rings (SSSR count). The SMILES string of the molecule is O=C1c2ccccc2C(OCCCO)(c2ccc(Cl)cc2)N1Cc1ccccc1.O=C1c2ccccc2C(SCc2ccccc2)(c2ccc(Cl)cc2)N1Cc1ccccc1. The van der Waals surface area contributed by atoms with Crippen LogP contribution >= 0.6 is 35.0 Å². The number of carbonyl (C=O) groups is 2. The van der Waals surface area contributed by atoms with E-state index in [2.05, 4.69) is 42.5 Å². The molecule has 0 fully saturated rings. The molecule has 6 nitrogen and oxygen atoms in total. The van der Waals surface area contributed by atoms with Crippen LogP contribution in [0.3, 0.4) is 0 Å². The maximum atomic E-state index is 13.8.